The van der Waals surface area contributed by atoms with E-state index in [1.165, 1.54) is 31.2 Å². The molecule has 0 spiro atoms. The van der Waals surface area contributed by atoms with Gasteiger partial charge in [0.15, 0.2) is 0 Å². The molecule has 1 heterocycles. The van der Waals surface area contributed by atoms with E-state index < -0.39 is 0 Å². The number of aryl methyl sites for hydroxylation is 1. The third-order valence-electron chi connectivity index (χ3n) is 4.35. The van der Waals surface area contributed by atoms with Crippen molar-refractivity contribution in [3.8, 4) is 0 Å². The van der Waals surface area contributed by atoms with Crippen LogP contribution in [0.25, 0.3) is 0 Å². The molecule has 132 valence electrons. The van der Waals surface area contributed by atoms with E-state index in [0.717, 1.165) is 31.8 Å². The lowest BCUT2D eigenvalue weighted by atomic mass is 9.92. The number of nitrogens with zero attached hydrogens (tertiary/aromatic N) is 3. The maximum Gasteiger partial charge on any atom is 0.225 e. The molecule has 0 radical (unpaired) electrons. The van der Waals surface area contributed by atoms with Crippen LogP contribution in [0, 0.1) is 5.41 Å². The zero-order chi connectivity index (χ0) is 17.3. The standard InChI is InChI=1S/C20H37N3/c1-7-9-10-12-17(3)23(14-13-20(4,5)6)19-21-15-18(11-8-2)16-22-19/h15-17H,7-14H2,1-6H3. The minimum atomic E-state index is 0.337. The lowest BCUT2D eigenvalue weighted by molar-refractivity contribution is 0.369. The second kappa shape index (κ2) is 9.89. The van der Waals surface area contributed by atoms with Crippen molar-refractivity contribution in [3.63, 3.8) is 0 Å². The highest BCUT2D eigenvalue weighted by Gasteiger charge is 2.20. The predicted octanol–water partition coefficient (Wildman–Crippen LogP) is 5.64. The first kappa shape index (κ1) is 19.9. The summed E-state index contributed by atoms with van der Waals surface area (Å²) < 4.78 is 0. The fourth-order valence-electron chi connectivity index (χ4n) is 2.73. The first-order valence-electron chi connectivity index (χ1n) is 9.45. The number of anilines is 1. The summed E-state index contributed by atoms with van der Waals surface area (Å²) in [6.07, 6.45) is 12.5. The molecule has 1 rings (SSSR count). The van der Waals surface area contributed by atoms with Gasteiger partial charge < -0.3 is 4.90 Å². The highest BCUT2D eigenvalue weighted by Crippen LogP contribution is 2.23. The summed E-state index contributed by atoms with van der Waals surface area (Å²) in [6, 6.07) is 0.501. The molecule has 3 nitrogen and oxygen atoms in total. The normalized spacial score (nSPS) is 13.1. The highest BCUT2D eigenvalue weighted by atomic mass is 15.3. The number of hydrogen-bond acceptors (Lipinski definition) is 3. The Hall–Kier alpha value is -1.12. The summed E-state index contributed by atoms with van der Waals surface area (Å²) in [5.74, 6) is 0.901. The molecular formula is C20H37N3. The molecule has 0 aromatic carbocycles. The summed E-state index contributed by atoms with van der Waals surface area (Å²) in [6.45, 7) is 14.7. The van der Waals surface area contributed by atoms with Crippen LogP contribution in [0.4, 0.5) is 5.95 Å². The Labute approximate surface area is 143 Å². The molecule has 0 amide bonds. The van der Waals surface area contributed by atoms with Crippen molar-refractivity contribution in [2.45, 2.75) is 92.5 Å². The maximum absolute atomic E-state index is 4.66. The average Bonchev–Trinajstić information content (AvgIpc) is 2.48. The van der Waals surface area contributed by atoms with E-state index in [0.29, 0.717) is 11.5 Å². The molecule has 1 aromatic rings. The molecule has 0 aliphatic carbocycles. The van der Waals surface area contributed by atoms with Gasteiger partial charge in [-0.1, -0.05) is 60.3 Å². The molecule has 0 saturated carbocycles. The Morgan fingerprint density at radius 1 is 1.04 bits per heavy atom. The monoisotopic (exact) mass is 319 g/mol. The van der Waals surface area contributed by atoms with Crippen LogP contribution in [0.15, 0.2) is 12.4 Å². The van der Waals surface area contributed by atoms with Gasteiger partial charge in [0, 0.05) is 25.0 Å². The van der Waals surface area contributed by atoms with Gasteiger partial charge >= 0.3 is 0 Å². The third-order valence-corrected chi connectivity index (χ3v) is 4.35. The van der Waals surface area contributed by atoms with Crippen molar-refractivity contribution >= 4 is 5.95 Å². The summed E-state index contributed by atoms with van der Waals surface area (Å²) in [5.41, 5.74) is 1.58. The molecule has 1 aromatic heterocycles. The van der Waals surface area contributed by atoms with E-state index >= 15 is 0 Å². The molecule has 0 N–H and O–H groups in total. The molecule has 0 bridgehead atoms. The molecule has 1 atom stereocenters. The summed E-state index contributed by atoms with van der Waals surface area (Å²) in [4.78, 5) is 11.7. The number of unbranched alkanes of at least 4 members (excludes halogenated alkanes) is 2. The first-order valence-corrected chi connectivity index (χ1v) is 9.45. The zero-order valence-corrected chi connectivity index (χ0v) is 16.2. The Morgan fingerprint density at radius 2 is 1.70 bits per heavy atom. The Kier molecular flexibility index (Phi) is 8.57. The molecule has 3 heteroatoms. The maximum atomic E-state index is 4.66. The number of aromatic nitrogens is 2. The van der Waals surface area contributed by atoms with Gasteiger partial charge in [-0.2, -0.15) is 0 Å². The van der Waals surface area contributed by atoms with Crippen molar-refractivity contribution in [2.24, 2.45) is 5.41 Å². The molecule has 0 saturated heterocycles. The smallest absolute Gasteiger partial charge is 0.225 e. The Balaban J connectivity index is 2.79. The van der Waals surface area contributed by atoms with Gasteiger partial charge in [0.05, 0.1) is 0 Å². The summed E-state index contributed by atoms with van der Waals surface area (Å²) in [5, 5.41) is 0. The van der Waals surface area contributed by atoms with Crippen LogP contribution in [0.2, 0.25) is 0 Å². The summed E-state index contributed by atoms with van der Waals surface area (Å²) >= 11 is 0. The fourth-order valence-corrected chi connectivity index (χ4v) is 2.73. The van der Waals surface area contributed by atoms with E-state index in [4.69, 9.17) is 0 Å². The van der Waals surface area contributed by atoms with Crippen LogP contribution in [0.1, 0.15) is 85.6 Å². The first-order chi connectivity index (χ1) is 10.9. The Morgan fingerprint density at radius 3 is 2.22 bits per heavy atom. The van der Waals surface area contributed by atoms with Crippen LogP contribution in [0.5, 0.6) is 0 Å². The fraction of sp³-hybridized carbons (Fsp3) is 0.800. The van der Waals surface area contributed by atoms with E-state index in [9.17, 15) is 0 Å². The predicted molar refractivity (Wildman–Crippen MR) is 101 cm³/mol. The lowest BCUT2D eigenvalue weighted by Gasteiger charge is -2.32. The van der Waals surface area contributed by atoms with Crippen molar-refractivity contribution < 1.29 is 0 Å². The van der Waals surface area contributed by atoms with E-state index in [1.54, 1.807) is 0 Å². The van der Waals surface area contributed by atoms with Crippen molar-refractivity contribution in [2.75, 3.05) is 11.4 Å². The Bertz CT molecular complexity index is 420. The van der Waals surface area contributed by atoms with E-state index in [-0.39, 0.29) is 0 Å². The van der Waals surface area contributed by atoms with Crippen LogP contribution in [0.3, 0.4) is 0 Å². The quantitative estimate of drug-likeness (QED) is 0.522. The largest absolute Gasteiger partial charge is 0.338 e. The SMILES string of the molecule is CCCCCC(C)N(CCC(C)(C)C)c1ncc(CCC)cn1. The van der Waals surface area contributed by atoms with Gasteiger partial charge in [-0.15, -0.1) is 0 Å². The van der Waals surface area contributed by atoms with Gasteiger partial charge in [0.1, 0.15) is 0 Å². The van der Waals surface area contributed by atoms with Crippen LogP contribution in [-0.2, 0) is 6.42 Å². The highest BCUT2D eigenvalue weighted by molar-refractivity contribution is 5.31. The number of rotatable bonds is 10. The van der Waals surface area contributed by atoms with E-state index in [2.05, 4.69) is 56.4 Å². The van der Waals surface area contributed by atoms with Gasteiger partial charge in [-0.3, -0.25) is 0 Å². The number of hydrogen-bond donors (Lipinski definition) is 0. The van der Waals surface area contributed by atoms with Gasteiger partial charge in [0.25, 0.3) is 0 Å². The van der Waals surface area contributed by atoms with Crippen LogP contribution in [-0.4, -0.2) is 22.6 Å². The lowest BCUT2D eigenvalue weighted by Crippen LogP contribution is -2.37. The topological polar surface area (TPSA) is 29.0 Å². The van der Waals surface area contributed by atoms with Crippen LogP contribution >= 0.6 is 0 Å². The van der Waals surface area contributed by atoms with E-state index in [1.807, 2.05) is 12.4 Å². The van der Waals surface area contributed by atoms with Crippen molar-refractivity contribution in [3.05, 3.63) is 18.0 Å². The summed E-state index contributed by atoms with van der Waals surface area (Å²) in [7, 11) is 0. The second-order valence-corrected chi connectivity index (χ2v) is 7.99. The second-order valence-electron chi connectivity index (χ2n) is 7.99. The van der Waals surface area contributed by atoms with Crippen LogP contribution < -0.4 is 4.90 Å². The molecule has 23 heavy (non-hydrogen) atoms. The zero-order valence-electron chi connectivity index (χ0n) is 16.2. The van der Waals surface area contributed by atoms with Gasteiger partial charge in [-0.25, -0.2) is 9.97 Å². The van der Waals surface area contributed by atoms with Crippen molar-refractivity contribution in [1.82, 2.24) is 9.97 Å². The molecular weight excluding hydrogens is 282 g/mol. The molecule has 0 fully saturated rings. The minimum Gasteiger partial charge on any atom is -0.338 e. The third kappa shape index (κ3) is 7.81. The molecule has 0 aliphatic rings. The van der Waals surface area contributed by atoms with Gasteiger partial charge in [0.2, 0.25) is 5.95 Å². The average molecular weight is 320 g/mol. The van der Waals surface area contributed by atoms with Gasteiger partial charge in [-0.05, 0) is 37.2 Å². The molecule has 0 aliphatic heterocycles. The minimum absolute atomic E-state index is 0.337. The van der Waals surface area contributed by atoms with Crippen molar-refractivity contribution in [1.29, 1.82) is 0 Å². The molecule has 1 unspecified atom stereocenters.